The smallest absolute Gasteiger partial charge is 0.224 e. The second kappa shape index (κ2) is 3.43. The molecule has 0 atom stereocenters. The number of aromatic nitrogens is 4. The molecule has 13 heavy (non-hydrogen) atoms. The maximum atomic E-state index is 5.63. The zero-order chi connectivity index (χ0) is 9.26. The first-order valence-corrected chi connectivity index (χ1v) is 4.63. The molecule has 0 aliphatic carbocycles. The molecule has 4 nitrogen and oxygen atoms in total. The normalized spacial score (nSPS) is 10.3. The van der Waals surface area contributed by atoms with Crippen molar-refractivity contribution in [1.82, 2.24) is 19.7 Å². The molecule has 0 saturated heterocycles. The molecule has 0 unspecified atom stereocenters. The summed E-state index contributed by atoms with van der Waals surface area (Å²) in [6.45, 7) is 0. The Labute approximate surface area is 87.7 Å². The molecule has 0 radical (unpaired) electrons. The molecule has 0 fully saturated rings. The molecule has 2 aromatic heterocycles. The van der Waals surface area contributed by atoms with E-state index in [1.165, 1.54) is 0 Å². The van der Waals surface area contributed by atoms with Gasteiger partial charge in [0.25, 0.3) is 0 Å². The molecule has 2 heterocycles. The van der Waals surface area contributed by atoms with Crippen LogP contribution >= 0.6 is 27.5 Å². The first kappa shape index (κ1) is 8.65. The lowest BCUT2D eigenvalue weighted by Gasteiger charge is -1.98. The van der Waals surface area contributed by atoms with Crippen LogP contribution < -0.4 is 0 Å². The topological polar surface area (TPSA) is 43.6 Å². The van der Waals surface area contributed by atoms with Gasteiger partial charge in [-0.1, -0.05) is 0 Å². The Morgan fingerprint density at radius 1 is 1.38 bits per heavy atom. The van der Waals surface area contributed by atoms with Crippen LogP contribution in [-0.2, 0) is 0 Å². The summed E-state index contributed by atoms with van der Waals surface area (Å²) in [5, 5.41) is 4.32. The summed E-state index contributed by atoms with van der Waals surface area (Å²) in [7, 11) is 0. The van der Waals surface area contributed by atoms with E-state index in [0.717, 1.165) is 4.60 Å². The van der Waals surface area contributed by atoms with E-state index in [2.05, 4.69) is 31.0 Å². The molecule has 66 valence electrons. The minimum atomic E-state index is 0.212. The van der Waals surface area contributed by atoms with Crippen LogP contribution in [-0.4, -0.2) is 19.7 Å². The summed E-state index contributed by atoms with van der Waals surface area (Å²) in [6, 6.07) is 3.54. The van der Waals surface area contributed by atoms with E-state index in [-0.39, 0.29) is 5.28 Å². The van der Waals surface area contributed by atoms with Crippen molar-refractivity contribution in [3.8, 4) is 5.82 Å². The largest absolute Gasteiger partial charge is 0.226 e. The fourth-order valence-corrected chi connectivity index (χ4v) is 1.31. The molecule has 0 spiro atoms. The number of rotatable bonds is 1. The van der Waals surface area contributed by atoms with E-state index in [4.69, 9.17) is 11.6 Å². The van der Waals surface area contributed by atoms with Gasteiger partial charge in [-0.25, -0.2) is 9.67 Å². The van der Waals surface area contributed by atoms with Gasteiger partial charge in [0, 0.05) is 18.5 Å². The van der Waals surface area contributed by atoms with Gasteiger partial charge in [-0.15, -0.1) is 0 Å². The van der Waals surface area contributed by atoms with Gasteiger partial charge in [0.2, 0.25) is 5.28 Å². The highest BCUT2D eigenvalue weighted by Gasteiger charge is 2.00. The van der Waals surface area contributed by atoms with Crippen LogP contribution in [0.5, 0.6) is 0 Å². The van der Waals surface area contributed by atoms with Gasteiger partial charge in [0.15, 0.2) is 5.82 Å². The summed E-state index contributed by atoms with van der Waals surface area (Å²) < 4.78 is 2.36. The molecule has 0 N–H and O–H groups in total. The molecule has 0 saturated carbocycles. The molecule has 2 rings (SSSR count). The van der Waals surface area contributed by atoms with Crippen molar-refractivity contribution < 1.29 is 0 Å². The van der Waals surface area contributed by atoms with Crippen molar-refractivity contribution in [3.05, 3.63) is 34.4 Å². The Kier molecular flexibility index (Phi) is 2.28. The minimum Gasteiger partial charge on any atom is -0.226 e. The van der Waals surface area contributed by atoms with Crippen molar-refractivity contribution >= 4 is 27.5 Å². The zero-order valence-electron chi connectivity index (χ0n) is 6.35. The second-order valence-corrected chi connectivity index (χ2v) is 3.42. The summed E-state index contributed by atoms with van der Waals surface area (Å²) in [5.41, 5.74) is 0. The lowest BCUT2D eigenvalue weighted by atomic mass is 10.6. The molecule has 0 aliphatic heterocycles. The van der Waals surface area contributed by atoms with E-state index in [1.807, 2.05) is 6.07 Å². The van der Waals surface area contributed by atoms with Gasteiger partial charge in [0.1, 0.15) is 4.60 Å². The van der Waals surface area contributed by atoms with Crippen LogP contribution in [0, 0.1) is 0 Å². The molecule has 6 heteroatoms. The molecule has 0 aromatic carbocycles. The summed E-state index contributed by atoms with van der Waals surface area (Å²) in [4.78, 5) is 7.76. The number of hydrogen-bond acceptors (Lipinski definition) is 3. The fraction of sp³-hybridized carbons (Fsp3) is 0. The second-order valence-electron chi connectivity index (χ2n) is 2.27. The van der Waals surface area contributed by atoms with Crippen LogP contribution in [0.1, 0.15) is 0 Å². The minimum absolute atomic E-state index is 0.212. The third-order valence-corrected chi connectivity index (χ3v) is 2.01. The zero-order valence-corrected chi connectivity index (χ0v) is 8.70. The summed E-state index contributed by atoms with van der Waals surface area (Å²) in [5.74, 6) is 0.644. The molecule has 0 amide bonds. The Bertz CT molecular complexity index is 428. The van der Waals surface area contributed by atoms with Crippen LogP contribution in [0.2, 0.25) is 5.28 Å². The maximum absolute atomic E-state index is 5.63. The third-order valence-electron chi connectivity index (χ3n) is 1.40. The van der Waals surface area contributed by atoms with E-state index < -0.39 is 0 Å². The van der Waals surface area contributed by atoms with Crippen LogP contribution in [0.25, 0.3) is 5.82 Å². The van der Waals surface area contributed by atoms with E-state index in [9.17, 15) is 0 Å². The molecule has 2 aromatic rings. The van der Waals surface area contributed by atoms with Crippen LogP contribution in [0.15, 0.2) is 29.1 Å². The highest BCUT2D eigenvalue weighted by molar-refractivity contribution is 9.10. The highest BCUT2D eigenvalue weighted by Crippen LogP contribution is 2.09. The fourth-order valence-electron chi connectivity index (χ4n) is 0.883. The first-order valence-electron chi connectivity index (χ1n) is 3.46. The maximum Gasteiger partial charge on any atom is 0.224 e. The summed E-state index contributed by atoms with van der Waals surface area (Å²) >= 11 is 8.87. The number of nitrogens with zero attached hydrogens (tertiary/aromatic N) is 4. The van der Waals surface area contributed by atoms with Gasteiger partial charge in [-0.05, 0) is 33.6 Å². The molecule has 0 aliphatic rings. The SMILES string of the molecule is Clc1nccc(-n2ccc(Br)n2)n1. The van der Waals surface area contributed by atoms with Crippen LogP contribution in [0.3, 0.4) is 0 Å². The van der Waals surface area contributed by atoms with Crippen LogP contribution in [0.4, 0.5) is 0 Å². The monoisotopic (exact) mass is 258 g/mol. The van der Waals surface area contributed by atoms with Crippen molar-refractivity contribution in [1.29, 1.82) is 0 Å². The predicted octanol–water partition coefficient (Wildman–Crippen LogP) is 2.08. The number of hydrogen-bond donors (Lipinski definition) is 0. The Balaban J connectivity index is 2.46. The Hall–Kier alpha value is -0.940. The van der Waals surface area contributed by atoms with Gasteiger partial charge in [0.05, 0.1) is 0 Å². The van der Waals surface area contributed by atoms with Crippen molar-refractivity contribution in [2.45, 2.75) is 0 Å². The summed E-state index contributed by atoms with van der Waals surface area (Å²) in [6.07, 6.45) is 3.36. The van der Waals surface area contributed by atoms with Gasteiger partial charge in [-0.3, -0.25) is 0 Å². The number of halogens is 2. The van der Waals surface area contributed by atoms with Crippen molar-refractivity contribution in [3.63, 3.8) is 0 Å². The van der Waals surface area contributed by atoms with E-state index in [0.29, 0.717) is 5.82 Å². The highest BCUT2D eigenvalue weighted by atomic mass is 79.9. The molecule has 0 bridgehead atoms. The Morgan fingerprint density at radius 3 is 2.85 bits per heavy atom. The Morgan fingerprint density at radius 2 is 2.23 bits per heavy atom. The predicted molar refractivity (Wildman–Crippen MR) is 51.9 cm³/mol. The van der Waals surface area contributed by atoms with E-state index in [1.54, 1.807) is 23.1 Å². The van der Waals surface area contributed by atoms with Crippen molar-refractivity contribution in [2.75, 3.05) is 0 Å². The average molecular weight is 259 g/mol. The first-order chi connectivity index (χ1) is 6.25. The quantitative estimate of drug-likeness (QED) is 0.737. The third kappa shape index (κ3) is 1.87. The molecular formula is C7H4BrClN4. The average Bonchev–Trinajstić information content (AvgIpc) is 2.52. The lowest BCUT2D eigenvalue weighted by Crippen LogP contribution is -1.98. The van der Waals surface area contributed by atoms with Gasteiger partial charge < -0.3 is 0 Å². The molecular weight excluding hydrogens is 255 g/mol. The van der Waals surface area contributed by atoms with Crippen molar-refractivity contribution in [2.24, 2.45) is 0 Å². The lowest BCUT2D eigenvalue weighted by molar-refractivity contribution is 0.831. The van der Waals surface area contributed by atoms with Gasteiger partial charge in [-0.2, -0.15) is 10.1 Å². The van der Waals surface area contributed by atoms with E-state index >= 15 is 0 Å². The van der Waals surface area contributed by atoms with Gasteiger partial charge >= 0.3 is 0 Å². The standard InChI is InChI=1S/C7H4BrClN4/c8-5-2-4-13(12-5)6-1-3-10-7(9)11-6/h1-4H.